The first-order chi connectivity index (χ1) is 19.6. The monoisotopic (exact) mass is 570 g/mol. The van der Waals surface area contributed by atoms with Gasteiger partial charge in [-0.1, -0.05) is 0 Å². The molecule has 0 bridgehead atoms. The number of amides is 4. The van der Waals surface area contributed by atoms with Crippen molar-refractivity contribution in [2.24, 2.45) is 0 Å². The van der Waals surface area contributed by atoms with Gasteiger partial charge >= 0.3 is 6.03 Å². The van der Waals surface area contributed by atoms with E-state index in [1.165, 1.54) is 6.26 Å². The van der Waals surface area contributed by atoms with Crippen molar-refractivity contribution in [1.29, 1.82) is 0 Å². The van der Waals surface area contributed by atoms with Gasteiger partial charge in [0.15, 0.2) is 0 Å². The van der Waals surface area contributed by atoms with Gasteiger partial charge in [0.2, 0.25) is 5.88 Å². The zero-order valence-corrected chi connectivity index (χ0v) is 23.9. The first-order valence-corrected chi connectivity index (χ1v) is 14.0. The van der Waals surface area contributed by atoms with Gasteiger partial charge in [0.1, 0.15) is 23.5 Å². The smallest absolute Gasteiger partial charge is 0.320 e. The molecular weight excluding hydrogens is 532 g/mol. The minimum atomic E-state index is -0.517. The van der Waals surface area contributed by atoms with Crippen molar-refractivity contribution in [2.45, 2.75) is 51.8 Å². The van der Waals surface area contributed by atoms with Crippen LogP contribution in [-0.2, 0) is 11.2 Å². The number of aliphatic hydroxyl groups excluding tert-OH is 1. The molecule has 5 rings (SSSR count). The van der Waals surface area contributed by atoms with Gasteiger partial charge in [0.05, 0.1) is 43.1 Å². The van der Waals surface area contributed by atoms with E-state index in [1.807, 2.05) is 32.6 Å². The van der Waals surface area contributed by atoms with Crippen LogP contribution in [0.5, 0.6) is 5.88 Å². The number of rotatable bonds is 6. The summed E-state index contributed by atoms with van der Waals surface area (Å²) < 4.78 is 16.9. The molecule has 2 aromatic rings. The standard InChI is InChI=1S/C28H38N6O7/c1-17(2)41-26-20(29-24(36)19-16-40-21-13-28(3,4)31-25(37)23(19)21)5-6-22(30-26)34-8-7-33(14-18(34)15-35)27(38)32-9-11-39-12-10-32/h5-6,16-18,35H,7-15H2,1-4H3,(H,29,36)(H,31,37)/t18-/m0/s1. The fourth-order valence-corrected chi connectivity index (χ4v) is 5.39. The lowest BCUT2D eigenvalue weighted by molar-refractivity contribution is 0.0406. The molecule has 4 amide bonds. The summed E-state index contributed by atoms with van der Waals surface area (Å²) in [6, 6.07) is 3.01. The van der Waals surface area contributed by atoms with E-state index >= 15 is 0 Å². The molecule has 0 spiro atoms. The Balaban J connectivity index is 1.34. The Morgan fingerprint density at radius 3 is 2.66 bits per heavy atom. The Bertz CT molecular complexity index is 1300. The number of carbonyl (C=O) groups is 3. The minimum absolute atomic E-state index is 0.0556. The zero-order chi connectivity index (χ0) is 29.3. The van der Waals surface area contributed by atoms with E-state index in [4.69, 9.17) is 18.9 Å². The minimum Gasteiger partial charge on any atom is -0.473 e. The molecule has 13 nitrogen and oxygen atoms in total. The SMILES string of the molecule is CC(C)Oc1nc(N2CCN(C(=O)N3CCOCC3)C[C@H]2CO)ccc1NC(=O)c1coc2c1C(=O)NC(C)(C)C2. The molecule has 1 atom stereocenters. The Hall–Kier alpha value is -3.84. The van der Waals surface area contributed by atoms with Gasteiger partial charge < -0.3 is 44.3 Å². The Labute approximate surface area is 238 Å². The van der Waals surface area contributed by atoms with Crippen LogP contribution in [0, 0.1) is 0 Å². The average Bonchev–Trinajstić information content (AvgIpc) is 3.36. The van der Waals surface area contributed by atoms with Crippen molar-refractivity contribution in [1.82, 2.24) is 20.1 Å². The summed E-state index contributed by atoms with van der Waals surface area (Å²) in [5, 5.41) is 15.9. The predicted molar refractivity (Wildman–Crippen MR) is 149 cm³/mol. The van der Waals surface area contributed by atoms with Gasteiger partial charge in [-0.3, -0.25) is 9.59 Å². The number of nitrogens with one attached hydrogen (secondary N) is 2. The van der Waals surface area contributed by atoms with E-state index in [2.05, 4.69) is 10.6 Å². The van der Waals surface area contributed by atoms with Crippen LogP contribution in [0.25, 0.3) is 0 Å². The molecule has 0 aliphatic carbocycles. The van der Waals surface area contributed by atoms with Crippen molar-refractivity contribution in [3.63, 3.8) is 0 Å². The van der Waals surface area contributed by atoms with E-state index in [0.29, 0.717) is 69.6 Å². The number of nitrogens with zero attached hydrogens (tertiary/aromatic N) is 4. The summed E-state index contributed by atoms with van der Waals surface area (Å²) in [6.45, 7) is 10.8. The molecule has 13 heteroatoms. The molecule has 0 radical (unpaired) electrons. The van der Waals surface area contributed by atoms with Crippen LogP contribution in [-0.4, -0.2) is 108 Å². The highest BCUT2D eigenvalue weighted by atomic mass is 16.5. The van der Waals surface area contributed by atoms with Crippen LogP contribution < -0.4 is 20.3 Å². The van der Waals surface area contributed by atoms with Crippen LogP contribution in [0.15, 0.2) is 22.8 Å². The summed E-state index contributed by atoms with van der Waals surface area (Å²) in [7, 11) is 0. The number of aromatic nitrogens is 1. The molecule has 2 aromatic heterocycles. The second-order valence-electron chi connectivity index (χ2n) is 11.5. The van der Waals surface area contributed by atoms with E-state index in [1.54, 1.807) is 21.9 Å². The number of aliphatic hydroxyl groups is 1. The lowest BCUT2D eigenvalue weighted by Crippen LogP contribution is -2.59. The van der Waals surface area contributed by atoms with Gasteiger partial charge in [-0.2, -0.15) is 4.98 Å². The van der Waals surface area contributed by atoms with Crippen LogP contribution in [0.2, 0.25) is 0 Å². The maximum atomic E-state index is 13.3. The highest BCUT2D eigenvalue weighted by Gasteiger charge is 2.37. The van der Waals surface area contributed by atoms with Crippen molar-refractivity contribution in [3.05, 3.63) is 35.3 Å². The molecule has 41 heavy (non-hydrogen) atoms. The molecular formula is C28H38N6O7. The predicted octanol–water partition coefficient (Wildman–Crippen LogP) is 1.71. The summed E-state index contributed by atoms with van der Waals surface area (Å²) in [5.74, 6) is 0.355. The second-order valence-corrected chi connectivity index (χ2v) is 11.5. The third kappa shape index (κ3) is 6.10. The number of fused-ring (bicyclic) bond motifs is 1. The quantitative estimate of drug-likeness (QED) is 0.472. The first-order valence-electron chi connectivity index (χ1n) is 14.0. The van der Waals surface area contributed by atoms with Crippen molar-refractivity contribution < 1.29 is 33.4 Å². The van der Waals surface area contributed by atoms with Crippen molar-refractivity contribution in [3.8, 4) is 5.88 Å². The van der Waals surface area contributed by atoms with Crippen LogP contribution in [0.4, 0.5) is 16.3 Å². The summed E-state index contributed by atoms with van der Waals surface area (Å²) in [4.78, 5) is 49.2. The number of hydrogen-bond donors (Lipinski definition) is 3. The number of urea groups is 1. The molecule has 5 heterocycles. The molecule has 3 aliphatic rings. The van der Waals surface area contributed by atoms with Crippen LogP contribution in [0.1, 0.15) is 54.2 Å². The molecule has 2 fully saturated rings. The molecule has 0 saturated carbocycles. The Morgan fingerprint density at radius 1 is 1.20 bits per heavy atom. The number of pyridine rings is 1. The molecule has 0 unspecified atom stereocenters. The fourth-order valence-electron chi connectivity index (χ4n) is 5.39. The normalized spacial score (nSPS) is 20.5. The van der Waals surface area contributed by atoms with Crippen molar-refractivity contribution in [2.75, 3.05) is 62.8 Å². The fraction of sp³-hybridized carbons (Fsp3) is 0.571. The number of piperazine rings is 1. The number of hydrogen-bond acceptors (Lipinski definition) is 9. The van der Waals surface area contributed by atoms with E-state index in [9.17, 15) is 19.5 Å². The van der Waals surface area contributed by atoms with Crippen LogP contribution in [0.3, 0.4) is 0 Å². The topological polar surface area (TPSA) is 150 Å². The van der Waals surface area contributed by atoms with E-state index in [-0.39, 0.29) is 47.7 Å². The van der Waals surface area contributed by atoms with Crippen molar-refractivity contribution >= 4 is 29.4 Å². The number of ether oxygens (including phenoxy) is 2. The van der Waals surface area contributed by atoms with Gasteiger partial charge in [0, 0.05) is 44.7 Å². The van der Waals surface area contributed by atoms with Gasteiger partial charge in [-0.05, 0) is 39.8 Å². The van der Waals surface area contributed by atoms with Crippen LogP contribution >= 0.6 is 0 Å². The summed E-state index contributed by atoms with van der Waals surface area (Å²) in [6.07, 6.45) is 1.53. The number of morpholine rings is 1. The largest absolute Gasteiger partial charge is 0.473 e. The second kappa shape index (κ2) is 11.6. The maximum Gasteiger partial charge on any atom is 0.320 e. The van der Waals surface area contributed by atoms with E-state index < -0.39 is 11.4 Å². The third-order valence-electron chi connectivity index (χ3n) is 7.37. The Kier molecular flexibility index (Phi) is 8.09. The molecule has 3 aliphatic heterocycles. The van der Waals surface area contributed by atoms with Gasteiger partial charge in [-0.15, -0.1) is 0 Å². The van der Waals surface area contributed by atoms with E-state index in [0.717, 1.165) is 0 Å². The highest BCUT2D eigenvalue weighted by molar-refractivity contribution is 6.13. The lowest BCUT2D eigenvalue weighted by Gasteiger charge is -2.43. The number of anilines is 2. The third-order valence-corrected chi connectivity index (χ3v) is 7.37. The highest BCUT2D eigenvalue weighted by Crippen LogP contribution is 2.31. The maximum absolute atomic E-state index is 13.3. The lowest BCUT2D eigenvalue weighted by atomic mass is 9.91. The van der Waals surface area contributed by atoms with Gasteiger partial charge in [0.25, 0.3) is 11.8 Å². The molecule has 222 valence electrons. The van der Waals surface area contributed by atoms with Gasteiger partial charge in [-0.25, -0.2) is 4.79 Å². The molecule has 0 aromatic carbocycles. The molecule has 2 saturated heterocycles. The Morgan fingerprint density at radius 2 is 1.95 bits per heavy atom. The number of furan rings is 1. The zero-order valence-electron chi connectivity index (χ0n) is 23.9. The molecule has 3 N–H and O–H groups in total. The average molecular weight is 571 g/mol. The number of carbonyl (C=O) groups excluding carboxylic acids is 3. The first kappa shape index (κ1) is 28.7. The summed E-state index contributed by atoms with van der Waals surface area (Å²) in [5.41, 5.74) is 0.226. The summed E-state index contributed by atoms with van der Waals surface area (Å²) >= 11 is 0.